The molecule has 0 fully saturated rings. The predicted octanol–water partition coefficient (Wildman–Crippen LogP) is 2.44. The summed E-state index contributed by atoms with van der Waals surface area (Å²) in [5.41, 5.74) is 1.34. The van der Waals surface area contributed by atoms with E-state index in [2.05, 4.69) is 60.7 Å². The van der Waals surface area contributed by atoms with Crippen LogP contribution in [0.2, 0.25) is 0 Å². The van der Waals surface area contributed by atoms with E-state index in [1.807, 2.05) is 13.1 Å². The van der Waals surface area contributed by atoms with Gasteiger partial charge in [-0.3, -0.25) is 4.99 Å². The fourth-order valence-electron chi connectivity index (χ4n) is 1.55. The zero-order valence-corrected chi connectivity index (χ0v) is 11.9. The SMILES string of the molecule is CN=C(NCCc1ccccc1)NC(C)C(C)C. The molecule has 0 saturated carbocycles. The van der Waals surface area contributed by atoms with Crippen LogP contribution < -0.4 is 10.6 Å². The molecule has 0 aliphatic rings. The molecule has 1 rings (SSSR count). The molecule has 0 aliphatic carbocycles. The number of nitrogens with zero attached hydrogens (tertiary/aromatic N) is 1. The second-order valence-electron chi connectivity index (χ2n) is 4.91. The second-order valence-corrected chi connectivity index (χ2v) is 4.91. The molecule has 1 atom stereocenters. The molecule has 0 amide bonds. The molecule has 0 spiro atoms. The summed E-state index contributed by atoms with van der Waals surface area (Å²) in [4.78, 5) is 4.24. The molecule has 1 unspecified atom stereocenters. The van der Waals surface area contributed by atoms with Crippen LogP contribution in [0.4, 0.5) is 0 Å². The smallest absolute Gasteiger partial charge is 0.191 e. The van der Waals surface area contributed by atoms with E-state index in [1.54, 1.807) is 0 Å². The topological polar surface area (TPSA) is 36.4 Å². The zero-order chi connectivity index (χ0) is 13.4. The van der Waals surface area contributed by atoms with Crippen molar-refractivity contribution in [1.29, 1.82) is 0 Å². The van der Waals surface area contributed by atoms with Crippen LogP contribution in [0.5, 0.6) is 0 Å². The maximum atomic E-state index is 4.24. The molecule has 0 radical (unpaired) electrons. The van der Waals surface area contributed by atoms with Crippen molar-refractivity contribution >= 4 is 5.96 Å². The van der Waals surface area contributed by atoms with Crippen molar-refractivity contribution in [2.45, 2.75) is 33.2 Å². The lowest BCUT2D eigenvalue weighted by molar-refractivity contribution is 0.481. The van der Waals surface area contributed by atoms with Crippen LogP contribution in [0.1, 0.15) is 26.3 Å². The van der Waals surface area contributed by atoms with E-state index >= 15 is 0 Å². The maximum Gasteiger partial charge on any atom is 0.191 e. The predicted molar refractivity (Wildman–Crippen MR) is 78.9 cm³/mol. The fraction of sp³-hybridized carbons (Fsp3) is 0.533. The first-order chi connectivity index (χ1) is 8.63. The average molecular weight is 247 g/mol. The fourth-order valence-corrected chi connectivity index (χ4v) is 1.55. The lowest BCUT2D eigenvalue weighted by Crippen LogP contribution is -2.44. The van der Waals surface area contributed by atoms with E-state index in [-0.39, 0.29) is 0 Å². The van der Waals surface area contributed by atoms with Crippen LogP contribution in [-0.4, -0.2) is 25.6 Å². The van der Waals surface area contributed by atoms with Gasteiger partial charge in [-0.05, 0) is 24.8 Å². The number of benzene rings is 1. The highest BCUT2D eigenvalue weighted by Crippen LogP contribution is 2.00. The van der Waals surface area contributed by atoms with Gasteiger partial charge in [-0.25, -0.2) is 0 Å². The first-order valence-electron chi connectivity index (χ1n) is 6.64. The lowest BCUT2D eigenvalue weighted by atomic mass is 10.1. The maximum absolute atomic E-state index is 4.24. The molecule has 0 heterocycles. The van der Waals surface area contributed by atoms with Crippen LogP contribution in [0.15, 0.2) is 35.3 Å². The Morgan fingerprint density at radius 1 is 1.17 bits per heavy atom. The second kappa shape index (κ2) is 7.75. The molecular weight excluding hydrogens is 222 g/mol. The molecule has 100 valence electrons. The molecule has 3 nitrogen and oxygen atoms in total. The van der Waals surface area contributed by atoms with Gasteiger partial charge in [0.2, 0.25) is 0 Å². The Morgan fingerprint density at radius 3 is 2.39 bits per heavy atom. The van der Waals surface area contributed by atoms with Crippen molar-refractivity contribution in [2.24, 2.45) is 10.9 Å². The zero-order valence-electron chi connectivity index (χ0n) is 11.9. The summed E-state index contributed by atoms with van der Waals surface area (Å²) in [5.74, 6) is 1.48. The molecule has 3 heteroatoms. The number of nitrogens with one attached hydrogen (secondary N) is 2. The van der Waals surface area contributed by atoms with Gasteiger partial charge in [0, 0.05) is 19.6 Å². The van der Waals surface area contributed by atoms with Crippen LogP contribution >= 0.6 is 0 Å². The highest BCUT2D eigenvalue weighted by Gasteiger charge is 2.08. The van der Waals surface area contributed by atoms with Crippen LogP contribution in [0, 0.1) is 5.92 Å². The van der Waals surface area contributed by atoms with Crippen LogP contribution in [0.3, 0.4) is 0 Å². The first kappa shape index (κ1) is 14.6. The lowest BCUT2D eigenvalue weighted by Gasteiger charge is -2.20. The van der Waals surface area contributed by atoms with Crippen molar-refractivity contribution in [2.75, 3.05) is 13.6 Å². The number of aliphatic imine (C=N–C) groups is 1. The number of hydrogen-bond donors (Lipinski definition) is 2. The Bertz CT molecular complexity index is 357. The van der Waals surface area contributed by atoms with Crippen molar-refractivity contribution < 1.29 is 0 Å². The van der Waals surface area contributed by atoms with Gasteiger partial charge in [0.1, 0.15) is 0 Å². The molecule has 1 aromatic rings. The number of guanidine groups is 1. The summed E-state index contributed by atoms with van der Waals surface area (Å²) in [7, 11) is 1.81. The largest absolute Gasteiger partial charge is 0.356 e. The highest BCUT2D eigenvalue weighted by atomic mass is 15.2. The molecule has 0 saturated heterocycles. The number of hydrogen-bond acceptors (Lipinski definition) is 1. The van der Waals surface area contributed by atoms with Crippen LogP contribution in [0.25, 0.3) is 0 Å². The normalized spacial score (nSPS) is 13.5. The van der Waals surface area contributed by atoms with Gasteiger partial charge in [0.25, 0.3) is 0 Å². The van der Waals surface area contributed by atoms with Crippen molar-refractivity contribution in [3.63, 3.8) is 0 Å². The van der Waals surface area contributed by atoms with Gasteiger partial charge in [-0.1, -0.05) is 44.2 Å². The first-order valence-corrected chi connectivity index (χ1v) is 6.64. The van der Waals surface area contributed by atoms with Crippen LogP contribution in [-0.2, 0) is 6.42 Å². The van der Waals surface area contributed by atoms with Crippen molar-refractivity contribution in [3.05, 3.63) is 35.9 Å². The summed E-state index contributed by atoms with van der Waals surface area (Å²) < 4.78 is 0. The van der Waals surface area contributed by atoms with Gasteiger partial charge in [0.15, 0.2) is 5.96 Å². The minimum Gasteiger partial charge on any atom is -0.356 e. The minimum absolute atomic E-state index is 0.424. The Morgan fingerprint density at radius 2 is 1.83 bits per heavy atom. The van der Waals surface area contributed by atoms with E-state index < -0.39 is 0 Å². The molecule has 2 N–H and O–H groups in total. The van der Waals surface area contributed by atoms with Gasteiger partial charge in [0.05, 0.1) is 0 Å². The summed E-state index contributed by atoms with van der Waals surface area (Å²) in [6, 6.07) is 10.9. The third-order valence-corrected chi connectivity index (χ3v) is 3.14. The van der Waals surface area contributed by atoms with E-state index in [9.17, 15) is 0 Å². The summed E-state index contributed by atoms with van der Waals surface area (Å²) in [5, 5.41) is 6.73. The third-order valence-electron chi connectivity index (χ3n) is 3.14. The van der Waals surface area contributed by atoms with E-state index in [1.165, 1.54) is 5.56 Å². The molecule has 18 heavy (non-hydrogen) atoms. The summed E-state index contributed by atoms with van der Waals surface area (Å²) in [6.45, 7) is 7.48. The molecular formula is C15H25N3. The quantitative estimate of drug-likeness (QED) is 0.619. The van der Waals surface area contributed by atoms with Crippen molar-refractivity contribution in [3.8, 4) is 0 Å². The summed E-state index contributed by atoms with van der Waals surface area (Å²) >= 11 is 0. The van der Waals surface area contributed by atoms with Gasteiger partial charge < -0.3 is 10.6 Å². The minimum atomic E-state index is 0.424. The average Bonchev–Trinajstić information content (AvgIpc) is 2.38. The van der Waals surface area contributed by atoms with Gasteiger partial charge >= 0.3 is 0 Å². The monoisotopic (exact) mass is 247 g/mol. The molecule has 1 aromatic carbocycles. The number of rotatable bonds is 5. The molecule has 0 bridgehead atoms. The van der Waals surface area contributed by atoms with Crippen molar-refractivity contribution in [1.82, 2.24) is 10.6 Å². The van der Waals surface area contributed by atoms with Gasteiger partial charge in [-0.15, -0.1) is 0 Å². The van der Waals surface area contributed by atoms with E-state index in [4.69, 9.17) is 0 Å². The summed E-state index contributed by atoms with van der Waals surface area (Å²) in [6.07, 6.45) is 1.01. The Hall–Kier alpha value is -1.51. The Kier molecular flexibility index (Phi) is 6.26. The van der Waals surface area contributed by atoms with E-state index in [0.29, 0.717) is 12.0 Å². The highest BCUT2D eigenvalue weighted by molar-refractivity contribution is 5.79. The molecule has 0 aromatic heterocycles. The Balaban J connectivity index is 2.33. The Labute approximate surface area is 111 Å². The van der Waals surface area contributed by atoms with Gasteiger partial charge in [-0.2, -0.15) is 0 Å². The standard InChI is InChI=1S/C15H25N3/c1-12(2)13(3)18-15(16-4)17-11-10-14-8-6-5-7-9-14/h5-9,12-13H,10-11H2,1-4H3,(H2,16,17,18). The third kappa shape index (κ3) is 5.21. The molecule has 0 aliphatic heterocycles. The van der Waals surface area contributed by atoms with E-state index in [0.717, 1.165) is 18.9 Å².